The average Bonchev–Trinajstić information content (AvgIpc) is 2.55. The summed E-state index contributed by atoms with van der Waals surface area (Å²) < 4.78 is 38.7. The maximum absolute atomic E-state index is 12.9. The number of halogens is 3. The Morgan fingerprint density at radius 3 is 2.50 bits per heavy atom. The number of aryl methyl sites for hydroxylation is 1. The smallest absolute Gasteiger partial charge is 0.354 e. The first kappa shape index (κ1) is 16.6. The van der Waals surface area contributed by atoms with E-state index in [1.165, 1.54) is 6.92 Å². The molecule has 3 heterocycles. The Bertz CT molecular complexity index is 682. The summed E-state index contributed by atoms with van der Waals surface area (Å²) in [6.45, 7) is 5.07. The molecule has 128 valence electrons. The Labute approximate surface area is 138 Å². The Balaban J connectivity index is 1.65. The molecule has 0 atom stereocenters. The molecule has 3 rings (SSSR count). The van der Waals surface area contributed by atoms with Gasteiger partial charge in [-0.1, -0.05) is 6.07 Å². The van der Waals surface area contributed by atoms with E-state index in [0.717, 1.165) is 31.3 Å². The molecule has 8 heteroatoms. The Kier molecular flexibility index (Phi) is 4.66. The van der Waals surface area contributed by atoms with E-state index in [4.69, 9.17) is 0 Å². The Morgan fingerprint density at radius 1 is 1.12 bits per heavy atom. The van der Waals surface area contributed by atoms with E-state index in [2.05, 4.69) is 19.9 Å². The second kappa shape index (κ2) is 6.72. The van der Waals surface area contributed by atoms with Crippen LogP contribution in [0.1, 0.15) is 17.1 Å². The molecule has 2 aromatic heterocycles. The molecule has 24 heavy (non-hydrogen) atoms. The van der Waals surface area contributed by atoms with Crippen LogP contribution in [-0.2, 0) is 12.7 Å². The van der Waals surface area contributed by atoms with Crippen LogP contribution in [0.4, 0.5) is 19.0 Å². The van der Waals surface area contributed by atoms with Crippen LogP contribution in [0.5, 0.6) is 0 Å². The van der Waals surface area contributed by atoms with Gasteiger partial charge in [-0.2, -0.15) is 13.2 Å². The third-order valence-electron chi connectivity index (χ3n) is 3.94. The number of aromatic nitrogens is 3. The Morgan fingerprint density at radius 2 is 1.88 bits per heavy atom. The van der Waals surface area contributed by atoms with Crippen molar-refractivity contribution >= 4 is 5.82 Å². The largest absolute Gasteiger partial charge is 0.433 e. The Hall–Kier alpha value is -2.22. The quantitative estimate of drug-likeness (QED) is 0.861. The summed E-state index contributed by atoms with van der Waals surface area (Å²) in [5.74, 6) is 0.480. The number of hydrogen-bond acceptors (Lipinski definition) is 5. The molecule has 0 unspecified atom stereocenters. The number of pyridine rings is 1. The zero-order valence-corrected chi connectivity index (χ0v) is 13.3. The summed E-state index contributed by atoms with van der Waals surface area (Å²) in [6, 6.07) is 4.94. The molecule has 0 radical (unpaired) electrons. The van der Waals surface area contributed by atoms with Crippen molar-refractivity contribution in [3.05, 3.63) is 47.7 Å². The number of nitrogens with zero attached hydrogens (tertiary/aromatic N) is 5. The molecule has 1 fully saturated rings. The fourth-order valence-electron chi connectivity index (χ4n) is 2.74. The lowest BCUT2D eigenvalue weighted by Crippen LogP contribution is -2.46. The van der Waals surface area contributed by atoms with Gasteiger partial charge in [0.1, 0.15) is 17.3 Å². The highest BCUT2D eigenvalue weighted by atomic mass is 19.4. The minimum absolute atomic E-state index is 0.137. The third kappa shape index (κ3) is 4.00. The van der Waals surface area contributed by atoms with Gasteiger partial charge in [-0.25, -0.2) is 9.97 Å². The summed E-state index contributed by atoms with van der Waals surface area (Å²) in [7, 11) is 0. The second-order valence-electron chi connectivity index (χ2n) is 5.78. The van der Waals surface area contributed by atoms with E-state index in [1.807, 2.05) is 23.2 Å². The summed E-state index contributed by atoms with van der Waals surface area (Å²) in [6.07, 6.45) is -0.891. The van der Waals surface area contributed by atoms with Gasteiger partial charge in [-0.3, -0.25) is 9.88 Å². The van der Waals surface area contributed by atoms with Crippen LogP contribution in [0.25, 0.3) is 0 Å². The van der Waals surface area contributed by atoms with E-state index in [-0.39, 0.29) is 5.82 Å². The van der Waals surface area contributed by atoms with Crippen molar-refractivity contribution in [3.8, 4) is 0 Å². The molecule has 0 saturated carbocycles. The molecule has 1 saturated heterocycles. The van der Waals surface area contributed by atoms with Gasteiger partial charge in [-0.15, -0.1) is 0 Å². The van der Waals surface area contributed by atoms with Gasteiger partial charge >= 0.3 is 6.18 Å². The summed E-state index contributed by atoms with van der Waals surface area (Å²) >= 11 is 0. The summed E-state index contributed by atoms with van der Waals surface area (Å²) in [5, 5.41) is 0. The average molecular weight is 337 g/mol. The lowest BCUT2D eigenvalue weighted by Gasteiger charge is -2.35. The van der Waals surface area contributed by atoms with Crippen molar-refractivity contribution in [2.75, 3.05) is 31.1 Å². The molecule has 0 amide bonds. The highest BCUT2D eigenvalue weighted by Gasteiger charge is 2.34. The van der Waals surface area contributed by atoms with Crippen molar-refractivity contribution in [2.45, 2.75) is 19.6 Å². The van der Waals surface area contributed by atoms with Gasteiger partial charge in [0.05, 0.1) is 0 Å². The molecular weight excluding hydrogens is 319 g/mol. The molecule has 0 spiro atoms. The molecule has 1 aliphatic heterocycles. The van der Waals surface area contributed by atoms with Gasteiger partial charge in [0.15, 0.2) is 0 Å². The highest BCUT2D eigenvalue weighted by molar-refractivity contribution is 5.41. The molecule has 0 aliphatic carbocycles. The van der Waals surface area contributed by atoms with Gasteiger partial charge in [-0.05, 0) is 18.6 Å². The monoisotopic (exact) mass is 337 g/mol. The summed E-state index contributed by atoms with van der Waals surface area (Å²) in [5.41, 5.74) is 0.242. The number of anilines is 1. The molecule has 1 aliphatic rings. The van der Waals surface area contributed by atoms with E-state index >= 15 is 0 Å². The van der Waals surface area contributed by atoms with E-state index < -0.39 is 11.9 Å². The van der Waals surface area contributed by atoms with E-state index in [1.54, 1.807) is 6.20 Å². The maximum atomic E-state index is 12.9. The molecular formula is C16H18F3N5. The van der Waals surface area contributed by atoms with Crippen molar-refractivity contribution < 1.29 is 13.2 Å². The fourth-order valence-corrected chi connectivity index (χ4v) is 2.74. The van der Waals surface area contributed by atoms with Crippen LogP contribution < -0.4 is 4.90 Å². The summed E-state index contributed by atoms with van der Waals surface area (Å²) in [4.78, 5) is 15.9. The number of alkyl halides is 3. The maximum Gasteiger partial charge on any atom is 0.433 e. The van der Waals surface area contributed by atoms with E-state index in [9.17, 15) is 13.2 Å². The van der Waals surface area contributed by atoms with E-state index in [0.29, 0.717) is 18.9 Å². The third-order valence-corrected chi connectivity index (χ3v) is 3.94. The van der Waals surface area contributed by atoms with Crippen LogP contribution in [0.2, 0.25) is 0 Å². The van der Waals surface area contributed by atoms with Gasteiger partial charge in [0.2, 0.25) is 0 Å². The van der Waals surface area contributed by atoms with Crippen molar-refractivity contribution in [3.63, 3.8) is 0 Å². The van der Waals surface area contributed by atoms with Crippen molar-refractivity contribution in [1.29, 1.82) is 0 Å². The molecule has 2 aromatic rings. The van der Waals surface area contributed by atoms with Crippen LogP contribution in [0.3, 0.4) is 0 Å². The first-order valence-corrected chi connectivity index (χ1v) is 7.71. The van der Waals surface area contributed by atoms with Crippen LogP contribution in [-0.4, -0.2) is 46.0 Å². The van der Waals surface area contributed by atoms with Crippen LogP contribution >= 0.6 is 0 Å². The normalized spacial score (nSPS) is 16.4. The number of piperazine rings is 1. The number of rotatable bonds is 3. The van der Waals surface area contributed by atoms with Gasteiger partial charge in [0, 0.05) is 51.2 Å². The SMILES string of the molecule is Cc1nc(N2CCN(Cc3cccnc3)CC2)cc(C(F)(F)F)n1. The van der Waals surface area contributed by atoms with Crippen LogP contribution in [0.15, 0.2) is 30.6 Å². The lowest BCUT2D eigenvalue weighted by atomic mass is 10.2. The molecule has 0 bridgehead atoms. The minimum atomic E-state index is -4.45. The molecule has 0 N–H and O–H groups in total. The predicted octanol–water partition coefficient (Wildman–Crippen LogP) is 2.52. The van der Waals surface area contributed by atoms with Crippen LogP contribution in [0, 0.1) is 6.92 Å². The highest BCUT2D eigenvalue weighted by Crippen LogP contribution is 2.29. The van der Waals surface area contributed by atoms with Gasteiger partial charge < -0.3 is 4.90 Å². The fraction of sp³-hybridized carbons (Fsp3) is 0.438. The first-order chi connectivity index (χ1) is 11.4. The van der Waals surface area contributed by atoms with Crippen molar-refractivity contribution in [1.82, 2.24) is 19.9 Å². The molecule has 5 nitrogen and oxygen atoms in total. The number of hydrogen-bond donors (Lipinski definition) is 0. The second-order valence-corrected chi connectivity index (χ2v) is 5.78. The topological polar surface area (TPSA) is 45.2 Å². The zero-order valence-electron chi connectivity index (χ0n) is 13.3. The zero-order chi connectivity index (χ0) is 17.2. The molecule has 0 aromatic carbocycles. The first-order valence-electron chi connectivity index (χ1n) is 7.71. The minimum Gasteiger partial charge on any atom is -0.354 e. The predicted molar refractivity (Wildman–Crippen MR) is 83.5 cm³/mol. The van der Waals surface area contributed by atoms with Gasteiger partial charge in [0.25, 0.3) is 0 Å². The standard InChI is InChI=1S/C16H18F3N5/c1-12-21-14(16(17,18)19)9-15(22-12)24-7-5-23(6-8-24)11-13-3-2-4-20-10-13/h2-4,9-10H,5-8,11H2,1H3. The van der Waals surface area contributed by atoms with Crippen molar-refractivity contribution in [2.24, 2.45) is 0 Å². The lowest BCUT2D eigenvalue weighted by molar-refractivity contribution is -0.141.